The lowest BCUT2D eigenvalue weighted by molar-refractivity contribution is -0.137. The molecule has 0 saturated carbocycles. The van der Waals surface area contributed by atoms with Crippen LogP contribution in [0.5, 0.6) is 5.88 Å². The Labute approximate surface area is 220 Å². The lowest BCUT2D eigenvalue weighted by Crippen LogP contribution is -2.47. The minimum absolute atomic E-state index is 0.0580. The Kier molecular flexibility index (Phi) is 7.27. The SMILES string of the molecule is Cc1c(OC2CCN(c3ccc(C#N)cc3)CC2)ncnc1N1CCN(c2ccc(C(F)(F)F)cc2)CC1. The third-order valence-electron chi connectivity index (χ3n) is 7.23. The molecular weight excluding hydrogens is 493 g/mol. The van der Waals surface area contributed by atoms with E-state index in [0.717, 1.165) is 60.8 Å². The zero-order chi connectivity index (χ0) is 26.7. The van der Waals surface area contributed by atoms with E-state index in [1.165, 1.54) is 18.5 Å². The van der Waals surface area contributed by atoms with Crippen molar-refractivity contribution in [2.75, 3.05) is 54.0 Å². The molecule has 2 fully saturated rings. The van der Waals surface area contributed by atoms with Gasteiger partial charge in [-0.3, -0.25) is 0 Å². The first-order valence-corrected chi connectivity index (χ1v) is 12.7. The highest BCUT2D eigenvalue weighted by atomic mass is 19.4. The molecule has 2 aliphatic heterocycles. The Morgan fingerprint density at radius 3 is 1.95 bits per heavy atom. The van der Waals surface area contributed by atoms with Crippen molar-refractivity contribution in [2.24, 2.45) is 0 Å². The van der Waals surface area contributed by atoms with Gasteiger partial charge in [0.05, 0.1) is 22.8 Å². The van der Waals surface area contributed by atoms with Crippen molar-refractivity contribution in [1.29, 1.82) is 5.26 Å². The molecule has 0 N–H and O–H groups in total. The number of piperazine rings is 1. The third-order valence-corrected chi connectivity index (χ3v) is 7.23. The average molecular weight is 523 g/mol. The molecule has 7 nitrogen and oxygen atoms in total. The van der Waals surface area contributed by atoms with Gasteiger partial charge in [-0.25, -0.2) is 9.97 Å². The molecule has 0 aliphatic carbocycles. The molecule has 0 radical (unpaired) electrons. The number of hydrogen-bond acceptors (Lipinski definition) is 7. The third kappa shape index (κ3) is 5.62. The van der Waals surface area contributed by atoms with Crippen molar-refractivity contribution >= 4 is 17.2 Å². The summed E-state index contributed by atoms with van der Waals surface area (Å²) in [6.45, 7) is 6.44. The van der Waals surface area contributed by atoms with Crippen molar-refractivity contribution in [2.45, 2.75) is 32.0 Å². The molecule has 10 heteroatoms. The molecule has 3 heterocycles. The summed E-state index contributed by atoms with van der Waals surface area (Å²) < 4.78 is 44.9. The topological polar surface area (TPSA) is 68.5 Å². The molecule has 2 aromatic carbocycles. The van der Waals surface area contributed by atoms with E-state index in [1.54, 1.807) is 0 Å². The second kappa shape index (κ2) is 10.8. The van der Waals surface area contributed by atoms with Crippen LogP contribution in [0.3, 0.4) is 0 Å². The number of alkyl halides is 3. The summed E-state index contributed by atoms with van der Waals surface area (Å²) in [5, 5.41) is 9.00. The lowest BCUT2D eigenvalue weighted by atomic mass is 10.1. The molecule has 2 saturated heterocycles. The van der Waals surface area contributed by atoms with Crippen molar-refractivity contribution < 1.29 is 17.9 Å². The monoisotopic (exact) mass is 522 g/mol. The van der Waals surface area contributed by atoms with Crippen LogP contribution < -0.4 is 19.4 Å². The molecule has 0 amide bonds. The fraction of sp³-hybridized carbons (Fsp3) is 0.393. The number of halogens is 3. The largest absolute Gasteiger partial charge is 0.474 e. The van der Waals surface area contributed by atoms with Crippen molar-refractivity contribution in [3.05, 3.63) is 71.5 Å². The summed E-state index contributed by atoms with van der Waals surface area (Å²) in [4.78, 5) is 15.5. The van der Waals surface area contributed by atoms with Crippen molar-refractivity contribution in [1.82, 2.24) is 9.97 Å². The van der Waals surface area contributed by atoms with Crippen LogP contribution in [0.4, 0.5) is 30.4 Å². The predicted molar refractivity (Wildman–Crippen MR) is 140 cm³/mol. The predicted octanol–water partition coefficient (Wildman–Crippen LogP) is 5.05. The fourth-order valence-corrected chi connectivity index (χ4v) is 5.04. The van der Waals surface area contributed by atoms with Crippen LogP contribution in [0.1, 0.15) is 29.5 Å². The normalized spacial score (nSPS) is 16.9. The van der Waals surface area contributed by atoms with Crippen LogP contribution in [0.25, 0.3) is 0 Å². The van der Waals surface area contributed by atoms with Gasteiger partial charge in [0.1, 0.15) is 18.2 Å². The van der Waals surface area contributed by atoms with Gasteiger partial charge in [0, 0.05) is 63.5 Å². The van der Waals surface area contributed by atoms with Crippen LogP contribution in [-0.2, 0) is 6.18 Å². The minimum atomic E-state index is -4.33. The van der Waals surface area contributed by atoms with E-state index in [9.17, 15) is 13.2 Å². The number of anilines is 3. The van der Waals surface area contributed by atoms with Crippen LogP contribution in [0.2, 0.25) is 0 Å². The first-order chi connectivity index (χ1) is 18.3. The van der Waals surface area contributed by atoms with E-state index in [-0.39, 0.29) is 6.10 Å². The maximum atomic E-state index is 12.9. The molecule has 3 aromatic rings. The molecule has 5 rings (SSSR count). The van der Waals surface area contributed by atoms with E-state index in [4.69, 9.17) is 10.00 Å². The number of benzene rings is 2. The van der Waals surface area contributed by atoms with Gasteiger partial charge in [-0.05, 0) is 55.5 Å². The standard InChI is InChI=1S/C28H29F3N6O/c1-20-26(37-16-14-36(15-17-37)24-8-4-22(5-9-24)28(29,30)31)33-19-34-27(20)38-25-10-12-35(13-11-25)23-6-2-21(18-32)3-7-23/h2-9,19,25H,10-17H2,1H3. The van der Waals surface area contributed by atoms with Gasteiger partial charge in [-0.15, -0.1) is 0 Å². The van der Waals surface area contributed by atoms with Crippen LogP contribution in [0, 0.1) is 18.3 Å². The lowest BCUT2D eigenvalue weighted by Gasteiger charge is -2.37. The number of rotatable bonds is 5. The Hall–Kier alpha value is -4.00. The second-order valence-electron chi connectivity index (χ2n) is 9.61. The molecule has 198 valence electrons. The van der Waals surface area contributed by atoms with E-state index in [2.05, 4.69) is 30.7 Å². The van der Waals surface area contributed by atoms with Crippen LogP contribution in [0.15, 0.2) is 54.9 Å². The summed E-state index contributed by atoms with van der Waals surface area (Å²) in [6.07, 6.45) is -1.01. The van der Waals surface area contributed by atoms with Gasteiger partial charge in [0.2, 0.25) is 5.88 Å². The second-order valence-corrected chi connectivity index (χ2v) is 9.61. The molecular formula is C28H29F3N6O. The zero-order valence-corrected chi connectivity index (χ0v) is 21.2. The Balaban J connectivity index is 1.16. The highest BCUT2D eigenvalue weighted by molar-refractivity contribution is 5.54. The molecule has 0 spiro atoms. The van der Waals surface area contributed by atoms with Crippen molar-refractivity contribution in [3.8, 4) is 11.9 Å². The fourth-order valence-electron chi connectivity index (χ4n) is 5.04. The van der Waals surface area contributed by atoms with Crippen molar-refractivity contribution in [3.63, 3.8) is 0 Å². The smallest absolute Gasteiger partial charge is 0.416 e. The number of hydrogen-bond donors (Lipinski definition) is 0. The minimum Gasteiger partial charge on any atom is -0.474 e. The summed E-state index contributed by atoms with van der Waals surface area (Å²) in [5.74, 6) is 1.43. The van der Waals surface area contributed by atoms with Gasteiger partial charge in [-0.1, -0.05) is 0 Å². The molecule has 0 bridgehead atoms. The zero-order valence-electron chi connectivity index (χ0n) is 21.2. The van der Waals surface area contributed by atoms with Crippen LogP contribution in [-0.4, -0.2) is 55.3 Å². The molecule has 38 heavy (non-hydrogen) atoms. The number of piperidine rings is 1. The average Bonchev–Trinajstić information content (AvgIpc) is 2.94. The number of ether oxygens (including phenoxy) is 1. The van der Waals surface area contributed by atoms with Gasteiger partial charge < -0.3 is 19.4 Å². The first kappa shape index (κ1) is 25.6. The molecule has 0 atom stereocenters. The number of nitriles is 1. The summed E-state index contributed by atoms with van der Waals surface area (Å²) in [5.41, 5.74) is 2.81. The first-order valence-electron chi connectivity index (χ1n) is 12.7. The Bertz CT molecular complexity index is 1270. The maximum absolute atomic E-state index is 12.9. The number of aromatic nitrogens is 2. The van der Waals surface area contributed by atoms with Gasteiger partial charge in [0.15, 0.2) is 0 Å². The van der Waals surface area contributed by atoms with Gasteiger partial charge >= 0.3 is 6.18 Å². The molecule has 2 aliphatic rings. The number of nitrogens with zero attached hydrogens (tertiary/aromatic N) is 6. The van der Waals surface area contributed by atoms with E-state index in [0.29, 0.717) is 37.6 Å². The van der Waals surface area contributed by atoms with Crippen LogP contribution >= 0.6 is 0 Å². The van der Waals surface area contributed by atoms with Gasteiger partial charge in [0.25, 0.3) is 0 Å². The summed E-state index contributed by atoms with van der Waals surface area (Å²) in [7, 11) is 0. The highest BCUT2D eigenvalue weighted by Gasteiger charge is 2.30. The molecule has 1 aromatic heterocycles. The summed E-state index contributed by atoms with van der Waals surface area (Å²) in [6, 6.07) is 15.1. The quantitative estimate of drug-likeness (QED) is 0.465. The highest BCUT2D eigenvalue weighted by Crippen LogP contribution is 2.32. The summed E-state index contributed by atoms with van der Waals surface area (Å²) >= 11 is 0. The Morgan fingerprint density at radius 1 is 0.816 bits per heavy atom. The van der Waals surface area contributed by atoms with E-state index in [1.807, 2.05) is 31.2 Å². The Morgan fingerprint density at radius 2 is 1.37 bits per heavy atom. The van der Waals surface area contributed by atoms with E-state index >= 15 is 0 Å². The molecule has 0 unspecified atom stereocenters. The van der Waals surface area contributed by atoms with Gasteiger partial charge in [-0.2, -0.15) is 18.4 Å². The maximum Gasteiger partial charge on any atom is 0.416 e. The van der Waals surface area contributed by atoms with E-state index < -0.39 is 11.7 Å².